The zero-order chi connectivity index (χ0) is 17.1. The highest BCUT2D eigenvalue weighted by molar-refractivity contribution is 8.00. The Hall–Kier alpha value is -2.21. The number of amides is 2. The van der Waals surface area contributed by atoms with E-state index in [2.05, 4.69) is 0 Å². The SMILES string of the molecule is CCN(CC)C(=O)c1ccc(CN2C(=O)CSc3ccccc32)o1. The standard InChI is InChI=1S/C18H20N2O3S/c1-3-19(4-2)18(22)15-10-9-13(23-15)11-20-14-7-5-6-8-16(14)24-12-17(20)21/h5-10H,3-4,11-12H2,1-2H3. The lowest BCUT2D eigenvalue weighted by atomic mass is 10.2. The van der Waals surface area contributed by atoms with Crippen LogP contribution in [-0.2, 0) is 11.3 Å². The van der Waals surface area contributed by atoms with Gasteiger partial charge in [-0.1, -0.05) is 12.1 Å². The van der Waals surface area contributed by atoms with Gasteiger partial charge in [0.25, 0.3) is 5.91 Å². The Kier molecular flexibility index (Phi) is 4.94. The molecule has 0 radical (unpaired) electrons. The van der Waals surface area contributed by atoms with Crippen molar-refractivity contribution in [3.63, 3.8) is 0 Å². The first-order valence-corrected chi connectivity index (χ1v) is 9.02. The summed E-state index contributed by atoms with van der Waals surface area (Å²) in [5, 5.41) is 0. The van der Waals surface area contributed by atoms with Crippen molar-refractivity contribution in [2.24, 2.45) is 0 Å². The van der Waals surface area contributed by atoms with E-state index in [1.807, 2.05) is 38.1 Å². The summed E-state index contributed by atoms with van der Waals surface area (Å²) < 4.78 is 5.70. The van der Waals surface area contributed by atoms with Gasteiger partial charge in [0.1, 0.15) is 5.76 Å². The third-order valence-electron chi connectivity index (χ3n) is 4.05. The van der Waals surface area contributed by atoms with Crippen LogP contribution in [0.1, 0.15) is 30.2 Å². The molecule has 0 saturated carbocycles. The fourth-order valence-corrected chi connectivity index (χ4v) is 3.66. The lowest BCUT2D eigenvalue weighted by Crippen LogP contribution is -2.34. The molecule has 0 unspecified atom stereocenters. The molecule has 5 nitrogen and oxygen atoms in total. The predicted molar refractivity (Wildman–Crippen MR) is 94.3 cm³/mol. The van der Waals surface area contributed by atoms with E-state index in [4.69, 9.17) is 4.42 Å². The summed E-state index contributed by atoms with van der Waals surface area (Å²) in [6, 6.07) is 11.3. The molecule has 0 atom stereocenters. The molecule has 0 bridgehead atoms. The van der Waals surface area contributed by atoms with Crippen LogP contribution < -0.4 is 4.90 Å². The molecular weight excluding hydrogens is 324 g/mol. The average Bonchev–Trinajstić information content (AvgIpc) is 3.07. The summed E-state index contributed by atoms with van der Waals surface area (Å²) in [5.74, 6) is 1.28. The molecule has 2 amide bonds. The zero-order valence-corrected chi connectivity index (χ0v) is 14.6. The van der Waals surface area contributed by atoms with E-state index in [9.17, 15) is 9.59 Å². The minimum atomic E-state index is -0.118. The third-order valence-corrected chi connectivity index (χ3v) is 5.09. The molecule has 0 spiro atoms. The highest BCUT2D eigenvalue weighted by Crippen LogP contribution is 2.35. The molecule has 2 heterocycles. The second kappa shape index (κ2) is 7.13. The van der Waals surface area contributed by atoms with Crippen LogP contribution >= 0.6 is 11.8 Å². The van der Waals surface area contributed by atoms with E-state index in [1.54, 1.807) is 33.7 Å². The van der Waals surface area contributed by atoms with Crippen LogP contribution in [0.4, 0.5) is 5.69 Å². The molecule has 3 rings (SSSR count). The van der Waals surface area contributed by atoms with Gasteiger partial charge in [0.2, 0.25) is 5.91 Å². The van der Waals surface area contributed by atoms with Gasteiger partial charge in [-0.25, -0.2) is 0 Å². The second-order valence-electron chi connectivity index (χ2n) is 5.48. The van der Waals surface area contributed by atoms with E-state index in [0.29, 0.717) is 36.9 Å². The van der Waals surface area contributed by atoms with Crippen LogP contribution in [0, 0.1) is 0 Å². The monoisotopic (exact) mass is 344 g/mol. The minimum Gasteiger partial charge on any atom is -0.454 e. The molecule has 126 valence electrons. The van der Waals surface area contributed by atoms with Crippen molar-refractivity contribution in [2.45, 2.75) is 25.3 Å². The van der Waals surface area contributed by atoms with E-state index < -0.39 is 0 Å². The minimum absolute atomic E-state index is 0.0479. The Morgan fingerprint density at radius 3 is 2.71 bits per heavy atom. The highest BCUT2D eigenvalue weighted by atomic mass is 32.2. The number of thioether (sulfide) groups is 1. The highest BCUT2D eigenvalue weighted by Gasteiger charge is 2.26. The van der Waals surface area contributed by atoms with Gasteiger partial charge < -0.3 is 14.2 Å². The van der Waals surface area contributed by atoms with Crippen LogP contribution in [-0.4, -0.2) is 35.6 Å². The number of hydrogen-bond acceptors (Lipinski definition) is 4. The zero-order valence-electron chi connectivity index (χ0n) is 13.8. The summed E-state index contributed by atoms with van der Waals surface area (Å²) in [7, 11) is 0. The maximum Gasteiger partial charge on any atom is 0.289 e. The molecule has 0 aliphatic carbocycles. The van der Waals surface area contributed by atoms with Gasteiger partial charge in [-0.15, -0.1) is 11.8 Å². The number of benzene rings is 1. The first-order valence-electron chi connectivity index (χ1n) is 8.04. The molecule has 1 aliphatic rings. The topological polar surface area (TPSA) is 53.8 Å². The molecule has 0 N–H and O–H groups in total. The normalized spacial score (nSPS) is 13.8. The first-order chi connectivity index (χ1) is 11.6. The predicted octanol–water partition coefficient (Wildman–Crippen LogP) is 3.40. The summed E-state index contributed by atoms with van der Waals surface area (Å²) in [4.78, 5) is 29.1. The van der Waals surface area contributed by atoms with Crippen molar-refractivity contribution in [1.29, 1.82) is 0 Å². The van der Waals surface area contributed by atoms with Gasteiger partial charge in [0.15, 0.2) is 5.76 Å². The van der Waals surface area contributed by atoms with Crippen molar-refractivity contribution in [3.05, 3.63) is 47.9 Å². The molecule has 0 saturated heterocycles. The van der Waals surface area contributed by atoms with Gasteiger partial charge in [-0.05, 0) is 38.1 Å². The average molecular weight is 344 g/mol. The lowest BCUT2D eigenvalue weighted by molar-refractivity contribution is -0.116. The molecule has 1 aromatic heterocycles. The van der Waals surface area contributed by atoms with Crippen LogP contribution in [0.25, 0.3) is 0 Å². The number of fused-ring (bicyclic) bond motifs is 1. The molecule has 6 heteroatoms. The molecule has 1 aromatic carbocycles. The Morgan fingerprint density at radius 2 is 1.96 bits per heavy atom. The molecular formula is C18H20N2O3S. The van der Waals surface area contributed by atoms with Crippen LogP contribution in [0.2, 0.25) is 0 Å². The summed E-state index contributed by atoms with van der Waals surface area (Å²) in [6.07, 6.45) is 0. The van der Waals surface area contributed by atoms with Crippen molar-refractivity contribution >= 4 is 29.3 Å². The first kappa shape index (κ1) is 16.6. The van der Waals surface area contributed by atoms with Crippen molar-refractivity contribution in [2.75, 3.05) is 23.7 Å². The maximum absolute atomic E-state index is 12.3. The Morgan fingerprint density at radius 1 is 1.21 bits per heavy atom. The van der Waals surface area contributed by atoms with Gasteiger partial charge in [-0.3, -0.25) is 9.59 Å². The smallest absolute Gasteiger partial charge is 0.289 e. The maximum atomic E-state index is 12.3. The third kappa shape index (κ3) is 3.19. The quantitative estimate of drug-likeness (QED) is 0.834. The van der Waals surface area contributed by atoms with E-state index in [-0.39, 0.29) is 11.8 Å². The number of para-hydroxylation sites is 1. The summed E-state index contributed by atoms with van der Waals surface area (Å²) in [6.45, 7) is 5.49. The lowest BCUT2D eigenvalue weighted by Gasteiger charge is -2.28. The van der Waals surface area contributed by atoms with E-state index in [0.717, 1.165) is 10.6 Å². The fraction of sp³-hybridized carbons (Fsp3) is 0.333. The Balaban J connectivity index is 1.80. The van der Waals surface area contributed by atoms with Gasteiger partial charge in [-0.2, -0.15) is 0 Å². The molecule has 1 aliphatic heterocycles. The van der Waals surface area contributed by atoms with Gasteiger partial charge in [0, 0.05) is 18.0 Å². The number of furan rings is 1. The number of nitrogens with zero attached hydrogens (tertiary/aromatic N) is 2. The summed E-state index contributed by atoms with van der Waals surface area (Å²) >= 11 is 1.55. The van der Waals surface area contributed by atoms with Crippen molar-refractivity contribution in [1.82, 2.24) is 4.90 Å². The van der Waals surface area contributed by atoms with Gasteiger partial charge >= 0.3 is 0 Å². The Bertz CT molecular complexity index is 752. The number of hydrogen-bond donors (Lipinski definition) is 0. The van der Waals surface area contributed by atoms with Gasteiger partial charge in [0.05, 0.1) is 18.0 Å². The molecule has 2 aromatic rings. The molecule has 0 fully saturated rings. The van der Waals surface area contributed by atoms with E-state index in [1.165, 1.54) is 0 Å². The number of rotatable bonds is 5. The van der Waals surface area contributed by atoms with Crippen molar-refractivity contribution in [3.8, 4) is 0 Å². The largest absolute Gasteiger partial charge is 0.454 e. The number of carbonyl (C=O) groups is 2. The van der Waals surface area contributed by atoms with E-state index >= 15 is 0 Å². The van der Waals surface area contributed by atoms with Crippen LogP contribution in [0.15, 0.2) is 45.7 Å². The van der Waals surface area contributed by atoms with Crippen LogP contribution in [0.3, 0.4) is 0 Å². The Labute approximate surface area is 145 Å². The molecule has 24 heavy (non-hydrogen) atoms. The number of carbonyl (C=O) groups excluding carboxylic acids is 2. The van der Waals surface area contributed by atoms with Crippen LogP contribution in [0.5, 0.6) is 0 Å². The fourth-order valence-electron chi connectivity index (χ4n) is 2.73. The second-order valence-corrected chi connectivity index (χ2v) is 6.50. The number of anilines is 1. The summed E-state index contributed by atoms with van der Waals surface area (Å²) in [5.41, 5.74) is 0.895. The van der Waals surface area contributed by atoms with Crippen molar-refractivity contribution < 1.29 is 14.0 Å².